The maximum Gasteiger partial charge on any atom is 0.253 e. The van der Waals surface area contributed by atoms with Crippen molar-refractivity contribution in [2.45, 2.75) is 50.5 Å². The number of ether oxygens (including phenoxy) is 1. The molecule has 3 aliphatic heterocycles. The van der Waals surface area contributed by atoms with E-state index < -0.39 is 11.7 Å². The van der Waals surface area contributed by atoms with Crippen LogP contribution in [0.5, 0.6) is 0 Å². The van der Waals surface area contributed by atoms with Crippen LogP contribution in [0, 0.1) is 5.82 Å². The molecule has 0 bridgehead atoms. The molecule has 1 spiro atoms. The molecule has 2 fully saturated rings. The molecule has 7 heteroatoms. The van der Waals surface area contributed by atoms with E-state index in [0.29, 0.717) is 6.54 Å². The van der Waals surface area contributed by atoms with Crippen LogP contribution < -0.4 is 0 Å². The lowest BCUT2D eigenvalue weighted by Crippen LogP contribution is -2.54. The second-order valence-electron chi connectivity index (χ2n) is 8.44. The first kappa shape index (κ1) is 18.8. The molecule has 0 radical (unpaired) electrons. The summed E-state index contributed by atoms with van der Waals surface area (Å²) in [5, 5.41) is 0. The van der Waals surface area contributed by atoms with Gasteiger partial charge in [0.1, 0.15) is 17.2 Å². The fourth-order valence-electron chi connectivity index (χ4n) is 4.93. The average Bonchev–Trinajstić information content (AvgIpc) is 3.43. The third-order valence-corrected chi connectivity index (χ3v) is 6.53. The number of nitrogens with zero attached hydrogens (tertiary/aromatic N) is 4. The molecule has 0 aliphatic carbocycles. The quantitative estimate of drug-likeness (QED) is 0.797. The van der Waals surface area contributed by atoms with Gasteiger partial charge in [-0.2, -0.15) is 0 Å². The van der Waals surface area contributed by atoms with E-state index >= 15 is 0 Å². The molecular formula is C22H27FN4O2. The van der Waals surface area contributed by atoms with Crippen LogP contribution in [0.4, 0.5) is 4.39 Å². The van der Waals surface area contributed by atoms with Crippen LogP contribution in [0.3, 0.4) is 0 Å². The van der Waals surface area contributed by atoms with Gasteiger partial charge in [-0.05, 0) is 43.4 Å². The van der Waals surface area contributed by atoms with Crippen molar-refractivity contribution < 1.29 is 13.9 Å². The first-order valence-corrected chi connectivity index (χ1v) is 10.6. The fraction of sp³-hybridized carbons (Fsp3) is 0.545. The SMILES string of the molecule is O=C([C@H]1Cn2ccnc2C2(CCN(Cc3ccc(F)cc3)CC2)O1)N1CCCC1. The predicted molar refractivity (Wildman–Crippen MR) is 106 cm³/mol. The molecule has 29 heavy (non-hydrogen) atoms. The second kappa shape index (κ2) is 7.54. The molecule has 4 heterocycles. The molecular weight excluding hydrogens is 371 g/mol. The van der Waals surface area contributed by atoms with Gasteiger partial charge in [-0.15, -0.1) is 0 Å². The van der Waals surface area contributed by atoms with Crippen molar-refractivity contribution in [3.05, 3.63) is 53.9 Å². The molecule has 6 nitrogen and oxygen atoms in total. The highest BCUT2D eigenvalue weighted by Crippen LogP contribution is 2.40. The number of hydrogen-bond donors (Lipinski definition) is 0. The van der Waals surface area contributed by atoms with Gasteiger partial charge in [0.2, 0.25) is 0 Å². The molecule has 1 amide bonds. The van der Waals surface area contributed by atoms with Gasteiger partial charge in [0.05, 0.1) is 6.54 Å². The molecule has 5 rings (SSSR count). The van der Waals surface area contributed by atoms with Gasteiger partial charge in [-0.3, -0.25) is 9.69 Å². The van der Waals surface area contributed by atoms with Crippen LogP contribution in [0.1, 0.15) is 37.1 Å². The van der Waals surface area contributed by atoms with E-state index in [9.17, 15) is 9.18 Å². The standard InChI is InChI=1S/C22H27FN4O2/c23-18-5-3-17(4-6-18)15-25-12-7-22(8-13-25)21-24-9-14-27(21)16-19(29-22)20(28)26-10-1-2-11-26/h3-6,9,14,19H,1-2,7-8,10-13,15-16H2/t19-/m1/s1. The number of piperidine rings is 1. The number of aromatic nitrogens is 2. The summed E-state index contributed by atoms with van der Waals surface area (Å²) in [7, 11) is 0. The van der Waals surface area contributed by atoms with E-state index in [2.05, 4.69) is 14.5 Å². The molecule has 0 saturated carbocycles. The smallest absolute Gasteiger partial charge is 0.253 e. The summed E-state index contributed by atoms with van der Waals surface area (Å²) in [4.78, 5) is 21.9. The lowest BCUT2D eigenvalue weighted by molar-refractivity contribution is -0.180. The van der Waals surface area contributed by atoms with Crippen LogP contribution in [0.25, 0.3) is 0 Å². The first-order valence-electron chi connectivity index (χ1n) is 10.6. The predicted octanol–water partition coefficient (Wildman–Crippen LogP) is 2.53. The summed E-state index contributed by atoms with van der Waals surface area (Å²) in [5.74, 6) is 0.863. The number of imidazole rings is 1. The summed E-state index contributed by atoms with van der Waals surface area (Å²) in [6.07, 6.45) is 7.11. The zero-order valence-corrected chi connectivity index (χ0v) is 16.6. The van der Waals surface area contributed by atoms with Gasteiger partial charge < -0.3 is 14.2 Å². The maximum absolute atomic E-state index is 13.2. The zero-order chi connectivity index (χ0) is 19.8. The van der Waals surface area contributed by atoms with Gasteiger partial charge in [-0.1, -0.05) is 12.1 Å². The Labute approximate surface area is 170 Å². The number of likely N-dealkylation sites (tertiary alicyclic amines) is 2. The van der Waals surface area contributed by atoms with Gasteiger partial charge in [0.15, 0.2) is 6.10 Å². The largest absolute Gasteiger partial charge is 0.352 e. The number of amides is 1. The molecule has 154 valence electrons. The Bertz CT molecular complexity index is 867. The lowest BCUT2D eigenvalue weighted by atomic mass is 9.88. The normalized spacial score (nSPS) is 24.0. The van der Waals surface area contributed by atoms with Crippen LogP contribution in [0.15, 0.2) is 36.7 Å². The molecule has 2 aromatic rings. The Morgan fingerprint density at radius 3 is 2.59 bits per heavy atom. The summed E-state index contributed by atoms with van der Waals surface area (Å²) < 4.78 is 21.8. The number of fused-ring (bicyclic) bond motifs is 2. The molecule has 0 N–H and O–H groups in total. The highest BCUT2D eigenvalue weighted by Gasteiger charge is 2.47. The van der Waals surface area contributed by atoms with Crippen molar-refractivity contribution in [1.29, 1.82) is 0 Å². The number of carbonyl (C=O) groups is 1. The summed E-state index contributed by atoms with van der Waals surface area (Å²) in [6.45, 7) is 4.73. The van der Waals surface area contributed by atoms with E-state index in [1.165, 1.54) is 12.1 Å². The van der Waals surface area contributed by atoms with E-state index in [-0.39, 0.29) is 11.7 Å². The lowest BCUT2D eigenvalue weighted by Gasteiger charge is -2.46. The fourth-order valence-corrected chi connectivity index (χ4v) is 4.93. The maximum atomic E-state index is 13.2. The molecule has 2 saturated heterocycles. The van der Waals surface area contributed by atoms with Crippen LogP contribution >= 0.6 is 0 Å². The Morgan fingerprint density at radius 2 is 1.86 bits per heavy atom. The monoisotopic (exact) mass is 398 g/mol. The van der Waals surface area contributed by atoms with E-state index in [1.54, 1.807) is 0 Å². The molecule has 1 aromatic heterocycles. The van der Waals surface area contributed by atoms with Crippen molar-refractivity contribution in [3.8, 4) is 0 Å². The van der Waals surface area contributed by atoms with Crippen LogP contribution in [0.2, 0.25) is 0 Å². The number of benzene rings is 1. The number of carbonyl (C=O) groups excluding carboxylic acids is 1. The summed E-state index contributed by atoms with van der Waals surface area (Å²) in [6, 6.07) is 6.70. The molecule has 3 aliphatic rings. The Hall–Kier alpha value is -2.25. The van der Waals surface area contributed by atoms with Gasteiger partial charge >= 0.3 is 0 Å². The summed E-state index contributed by atoms with van der Waals surface area (Å²) in [5.41, 5.74) is 0.608. The number of rotatable bonds is 3. The molecule has 1 aromatic carbocycles. The van der Waals surface area contributed by atoms with Crippen LogP contribution in [-0.2, 0) is 28.2 Å². The van der Waals surface area contributed by atoms with Crippen molar-refractivity contribution in [1.82, 2.24) is 19.4 Å². The Morgan fingerprint density at radius 1 is 1.14 bits per heavy atom. The zero-order valence-electron chi connectivity index (χ0n) is 16.6. The highest BCUT2D eigenvalue weighted by molar-refractivity contribution is 5.81. The third kappa shape index (κ3) is 3.57. The van der Waals surface area contributed by atoms with E-state index in [1.807, 2.05) is 29.4 Å². The van der Waals surface area contributed by atoms with E-state index in [4.69, 9.17) is 4.74 Å². The third-order valence-electron chi connectivity index (χ3n) is 6.53. The van der Waals surface area contributed by atoms with Crippen molar-refractivity contribution in [2.75, 3.05) is 26.2 Å². The van der Waals surface area contributed by atoms with Gasteiger partial charge in [-0.25, -0.2) is 9.37 Å². The van der Waals surface area contributed by atoms with E-state index in [0.717, 1.165) is 69.8 Å². The minimum absolute atomic E-state index is 0.120. The Kier molecular flexibility index (Phi) is 4.87. The number of halogens is 1. The summed E-state index contributed by atoms with van der Waals surface area (Å²) >= 11 is 0. The van der Waals surface area contributed by atoms with Gasteiger partial charge in [0, 0.05) is 45.1 Å². The first-order chi connectivity index (χ1) is 14.1. The topological polar surface area (TPSA) is 50.6 Å². The van der Waals surface area contributed by atoms with Crippen molar-refractivity contribution in [3.63, 3.8) is 0 Å². The second-order valence-corrected chi connectivity index (χ2v) is 8.44. The molecule has 0 unspecified atom stereocenters. The molecule has 1 atom stereocenters. The highest BCUT2D eigenvalue weighted by atomic mass is 19.1. The van der Waals surface area contributed by atoms with Crippen LogP contribution in [-0.4, -0.2) is 57.5 Å². The van der Waals surface area contributed by atoms with Gasteiger partial charge in [0.25, 0.3) is 5.91 Å². The van der Waals surface area contributed by atoms with Crippen molar-refractivity contribution in [2.24, 2.45) is 0 Å². The van der Waals surface area contributed by atoms with Crippen molar-refractivity contribution >= 4 is 5.91 Å². The minimum atomic E-state index is -0.499. The number of hydrogen-bond acceptors (Lipinski definition) is 4. The Balaban J connectivity index is 1.30. The average molecular weight is 398 g/mol. The minimum Gasteiger partial charge on any atom is -0.352 e.